The van der Waals surface area contributed by atoms with E-state index in [9.17, 15) is 4.79 Å². The molecule has 0 bridgehead atoms. The summed E-state index contributed by atoms with van der Waals surface area (Å²) in [6.45, 7) is 0.605. The van der Waals surface area contributed by atoms with Gasteiger partial charge >= 0.3 is 5.97 Å². The van der Waals surface area contributed by atoms with E-state index < -0.39 is 5.97 Å². The smallest absolute Gasteiger partial charge is 0.337 e. The molecule has 0 spiro atoms. The van der Waals surface area contributed by atoms with Crippen LogP contribution >= 0.6 is 11.6 Å². The maximum absolute atomic E-state index is 11.2. The Morgan fingerprint density at radius 3 is 2.81 bits per heavy atom. The van der Waals surface area contributed by atoms with E-state index in [1.54, 1.807) is 19.2 Å². The average molecular weight is 306 g/mol. The summed E-state index contributed by atoms with van der Waals surface area (Å²) >= 11 is 5.91. The maximum Gasteiger partial charge on any atom is 0.337 e. The standard InChI is InChI=1S/C16H16ClNO3/c1-21-13-4-2-3-11(9-13)7-8-18-15-10-12(17)5-6-14(15)16(19)20/h2-6,9-10,18H,7-8H2,1H3,(H,19,20). The lowest BCUT2D eigenvalue weighted by Crippen LogP contribution is -2.09. The Kier molecular flexibility index (Phi) is 5.06. The molecule has 4 nitrogen and oxygen atoms in total. The van der Waals surface area contributed by atoms with E-state index in [0.29, 0.717) is 17.3 Å². The van der Waals surface area contributed by atoms with Gasteiger partial charge < -0.3 is 15.2 Å². The molecular formula is C16H16ClNO3. The predicted molar refractivity (Wildman–Crippen MR) is 83.6 cm³/mol. The second kappa shape index (κ2) is 6.99. The number of carboxylic acid groups (broad SMARTS) is 1. The molecule has 0 aromatic heterocycles. The van der Waals surface area contributed by atoms with Crippen LogP contribution in [0.25, 0.3) is 0 Å². The minimum atomic E-state index is -0.976. The summed E-state index contributed by atoms with van der Waals surface area (Å²) in [6, 6.07) is 12.5. The van der Waals surface area contributed by atoms with E-state index >= 15 is 0 Å². The van der Waals surface area contributed by atoms with E-state index in [-0.39, 0.29) is 5.56 Å². The fraction of sp³-hybridized carbons (Fsp3) is 0.188. The SMILES string of the molecule is COc1cccc(CCNc2cc(Cl)ccc2C(=O)O)c1. The van der Waals surface area contributed by atoms with Crippen LogP contribution in [0, 0.1) is 0 Å². The van der Waals surface area contributed by atoms with Gasteiger partial charge in [0.1, 0.15) is 5.75 Å². The summed E-state index contributed by atoms with van der Waals surface area (Å²) in [6.07, 6.45) is 0.753. The number of nitrogens with one attached hydrogen (secondary N) is 1. The zero-order valence-electron chi connectivity index (χ0n) is 11.6. The van der Waals surface area contributed by atoms with Gasteiger partial charge in [-0.1, -0.05) is 23.7 Å². The zero-order valence-corrected chi connectivity index (χ0v) is 12.4. The van der Waals surface area contributed by atoms with Crippen molar-refractivity contribution in [2.45, 2.75) is 6.42 Å². The van der Waals surface area contributed by atoms with Gasteiger partial charge in [-0.05, 0) is 42.3 Å². The van der Waals surface area contributed by atoms with E-state index in [1.165, 1.54) is 6.07 Å². The molecule has 0 radical (unpaired) electrons. The first-order valence-corrected chi connectivity index (χ1v) is 6.87. The number of halogens is 1. The van der Waals surface area contributed by atoms with Crippen LogP contribution in [0.3, 0.4) is 0 Å². The molecule has 0 aliphatic heterocycles. The number of carboxylic acids is 1. The van der Waals surface area contributed by atoms with Gasteiger partial charge in [-0.2, -0.15) is 0 Å². The second-order valence-corrected chi connectivity index (χ2v) is 4.96. The Labute approximate surface area is 128 Å². The Bertz CT molecular complexity index is 643. The van der Waals surface area contributed by atoms with Gasteiger partial charge in [0, 0.05) is 11.6 Å². The number of methoxy groups -OCH3 is 1. The minimum absolute atomic E-state index is 0.213. The third kappa shape index (κ3) is 4.13. The number of benzene rings is 2. The number of ether oxygens (including phenoxy) is 1. The predicted octanol–water partition coefficient (Wildman–Crippen LogP) is 3.70. The van der Waals surface area contributed by atoms with Crippen molar-refractivity contribution >= 4 is 23.3 Å². The molecule has 5 heteroatoms. The molecule has 0 saturated heterocycles. The van der Waals surface area contributed by atoms with Crippen LogP contribution in [0.2, 0.25) is 5.02 Å². The minimum Gasteiger partial charge on any atom is -0.497 e. The van der Waals surface area contributed by atoms with Crippen molar-refractivity contribution in [3.63, 3.8) is 0 Å². The molecule has 2 rings (SSSR count). The van der Waals surface area contributed by atoms with Crippen LogP contribution in [0.1, 0.15) is 15.9 Å². The number of carbonyl (C=O) groups is 1. The number of rotatable bonds is 6. The summed E-state index contributed by atoms with van der Waals surface area (Å²) < 4.78 is 5.17. The van der Waals surface area contributed by atoms with Gasteiger partial charge in [-0.25, -0.2) is 4.79 Å². The molecule has 0 aliphatic rings. The van der Waals surface area contributed by atoms with E-state index in [2.05, 4.69) is 5.32 Å². The first kappa shape index (κ1) is 15.2. The molecule has 2 N–H and O–H groups in total. The summed E-state index contributed by atoms with van der Waals surface area (Å²) in [7, 11) is 1.63. The van der Waals surface area contributed by atoms with Crippen molar-refractivity contribution in [1.82, 2.24) is 0 Å². The first-order chi connectivity index (χ1) is 10.1. The van der Waals surface area contributed by atoms with Crippen LogP contribution in [0.15, 0.2) is 42.5 Å². The largest absolute Gasteiger partial charge is 0.497 e. The van der Waals surface area contributed by atoms with Gasteiger partial charge in [-0.15, -0.1) is 0 Å². The van der Waals surface area contributed by atoms with Gasteiger partial charge in [-0.3, -0.25) is 0 Å². The lowest BCUT2D eigenvalue weighted by atomic mass is 10.1. The van der Waals surface area contributed by atoms with Crippen LogP contribution in [-0.4, -0.2) is 24.7 Å². The highest BCUT2D eigenvalue weighted by Crippen LogP contribution is 2.21. The van der Waals surface area contributed by atoms with Crippen molar-refractivity contribution in [2.24, 2.45) is 0 Å². The lowest BCUT2D eigenvalue weighted by molar-refractivity contribution is 0.0698. The van der Waals surface area contributed by atoms with Gasteiger partial charge in [0.2, 0.25) is 0 Å². The van der Waals surface area contributed by atoms with Crippen LogP contribution in [0.4, 0.5) is 5.69 Å². The zero-order chi connectivity index (χ0) is 15.2. The molecule has 0 atom stereocenters. The number of hydrogen-bond acceptors (Lipinski definition) is 3. The van der Waals surface area contributed by atoms with E-state index in [4.69, 9.17) is 21.4 Å². The molecular weight excluding hydrogens is 290 g/mol. The fourth-order valence-corrected chi connectivity index (χ4v) is 2.19. The molecule has 0 saturated carbocycles. The van der Waals surface area contributed by atoms with E-state index in [0.717, 1.165) is 17.7 Å². The molecule has 110 valence electrons. The highest BCUT2D eigenvalue weighted by Gasteiger charge is 2.10. The van der Waals surface area contributed by atoms with Crippen molar-refractivity contribution in [3.8, 4) is 5.75 Å². The quantitative estimate of drug-likeness (QED) is 0.854. The molecule has 0 amide bonds. The summed E-state index contributed by atoms with van der Waals surface area (Å²) in [5, 5.41) is 12.8. The Morgan fingerprint density at radius 2 is 2.10 bits per heavy atom. The Morgan fingerprint density at radius 1 is 1.29 bits per heavy atom. The topological polar surface area (TPSA) is 58.6 Å². The third-order valence-electron chi connectivity index (χ3n) is 3.08. The van der Waals surface area contributed by atoms with Gasteiger partial charge in [0.25, 0.3) is 0 Å². The fourth-order valence-electron chi connectivity index (χ4n) is 2.02. The van der Waals surface area contributed by atoms with Crippen LogP contribution in [0.5, 0.6) is 5.75 Å². The molecule has 2 aromatic carbocycles. The third-order valence-corrected chi connectivity index (χ3v) is 3.31. The summed E-state index contributed by atoms with van der Waals surface area (Å²) in [5.41, 5.74) is 1.85. The van der Waals surface area contributed by atoms with Crippen LogP contribution in [-0.2, 0) is 6.42 Å². The van der Waals surface area contributed by atoms with Crippen LogP contribution < -0.4 is 10.1 Å². The average Bonchev–Trinajstić information content (AvgIpc) is 2.47. The van der Waals surface area contributed by atoms with Crippen molar-refractivity contribution in [2.75, 3.05) is 19.0 Å². The first-order valence-electron chi connectivity index (χ1n) is 6.50. The highest BCUT2D eigenvalue weighted by atomic mass is 35.5. The van der Waals surface area contributed by atoms with Gasteiger partial charge in [0.15, 0.2) is 0 Å². The van der Waals surface area contributed by atoms with Crippen molar-refractivity contribution in [3.05, 3.63) is 58.6 Å². The molecule has 2 aromatic rings. The van der Waals surface area contributed by atoms with Crippen molar-refractivity contribution < 1.29 is 14.6 Å². The lowest BCUT2D eigenvalue weighted by Gasteiger charge is -2.10. The van der Waals surface area contributed by atoms with Crippen molar-refractivity contribution in [1.29, 1.82) is 0 Å². The monoisotopic (exact) mass is 305 g/mol. The normalized spacial score (nSPS) is 10.2. The molecule has 0 heterocycles. The highest BCUT2D eigenvalue weighted by molar-refractivity contribution is 6.31. The van der Waals surface area contributed by atoms with E-state index in [1.807, 2.05) is 24.3 Å². The molecule has 21 heavy (non-hydrogen) atoms. The molecule has 0 fully saturated rings. The van der Waals surface area contributed by atoms with Gasteiger partial charge in [0.05, 0.1) is 18.4 Å². The Hall–Kier alpha value is -2.20. The number of hydrogen-bond donors (Lipinski definition) is 2. The second-order valence-electron chi connectivity index (χ2n) is 4.52. The summed E-state index contributed by atoms with van der Waals surface area (Å²) in [5.74, 6) is -0.169. The number of aromatic carboxylic acids is 1. The number of anilines is 1. The summed E-state index contributed by atoms with van der Waals surface area (Å²) in [4.78, 5) is 11.2. The molecule has 0 aliphatic carbocycles. The molecule has 0 unspecified atom stereocenters. The maximum atomic E-state index is 11.2. The Balaban J connectivity index is 2.03.